The van der Waals surface area contributed by atoms with Crippen LogP contribution in [-0.2, 0) is 10.0 Å². The second-order valence-electron chi connectivity index (χ2n) is 5.14. The minimum absolute atomic E-state index is 0.214. The Hall–Kier alpha value is -0.850. The summed E-state index contributed by atoms with van der Waals surface area (Å²) in [6, 6.07) is 3.66. The minimum Gasteiger partial charge on any atom is -0.352 e. The van der Waals surface area contributed by atoms with Crippen molar-refractivity contribution in [2.24, 2.45) is 0 Å². The zero-order valence-corrected chi connectivity index (χ0v) is 13.4. The molecular formula is C13H20ClN3O2S. The van der Waals surface area contributed by atoms with Crippen LogP contribution in [0.2, 0.25) is 0 Å². The summed E-state index contributed by atoms with van der Waals surface area (Å²) in [6.07, 6.45) is 4.78. The van der Waals surface area contributed by atoms with Crippen LogP contribution in [0.15, 0.2) is 23.2 Å². The lowest BCUT2D eigenvalue weighted by molar-refractivity contribution is 0.484. The maximum absolute atomic E-state index is 12.0. The van der Waals surface area contributed by atoms with Gasteiger partial charge in [-0.2, -0.15) is 0 Å². The third-order valence-corrected chi connectivity index (χ3v) is 5.75. The molecule has 2 rings (SSSR count). The second kappa shape index (κ2) is 6.28. The van der Waals surface area contributed by atoms with E-state index in [-0.39, 0.29) is 10.9 Å². The van der Waals surface area contributed by atoms with Gasteiger partial charge in [0, 0.05) is 38.8 Å². The molecule has 0 bridgehead atoms. The topological polar surface area (TPSA) is 53.5 Å². The number of hydrogen-bond acceptors (Lipinski definition) is 4. The van der Waals surface area contributed by atoms with E-state index in [0.717, 1.165) is 25.2 Å². The fourth-order valence-corrected chi connectivity index (χ4v) is 3.54. The minimum atomic E-state index is -3.42. The highest BCUT2D eigenvalue weighted by molar-refractivity contribution is 7.89. The van der Waals surface area contributed by atoms with E-state index in [1.165, 1.54) is 31.0 Å². The summed E-state index contributed by atoms with van der Waals surface area (Å²) in [6.45, 7) is 0.921. The van der Waals surface area contributed by atoms with Gasteiger partial charge in [-0.3, -0.25) is 0 Å². The molecule has 5 nitrogen and oxygen atoms in total. The lowest BCUT2D eigenvalue weighted by Gasteiger charge is -2.35. The van der Waals surface area contributed by atoms with Gasteiger partial charge in [-0.15, -0.1) is 11.6 Å². The van der Waals surface area contributed by atoms with E-state index in [9.17, 15) is 8.42 Å². The number of rotatable bonds is 4. The Balaban J connectivity index is 2.24. The molecule has 1 saturated heterocycles. The average Bonchev–Trinajstić information content (AvgIpc) is 2.47. The average molecular weight is 318 g/mol. The number of anilines is 1. The van der Waals surface area contributed by atoms with Gasteiger partial charge in [0.25, 0.3) is 0 Å². The maximum Gasteiger partial charge on any atom is 0.244 e. The van der Waals surface area contributed by atoms with E-state index in [0.29, 0.717) is 5.88 Å². The Bertz CT molecular complexity index is 545. The van der Waals surface area contributed by atoms with Crippen molar-refractivity contribution in [1.82, 2.24) is 9.29 Å². The van der Waals surface area contributed by atoms with Crippen LogP contribution in [0.4, 0.5) is 5.82 Å². The van der Waals surface area contributed by atoms with Gasteiger partial charge in [-0.25, -0.2) is 17.7 Å². The molecule has 20 heavy (non-hydrogen) atoms. The van der Waals surface area contributed by atoms with Crippen LogP contribution in [0.1, 0.15) is 19.3 Å². The van der Waals surface area contributed by atoms with Crippen LogP contribution >= 0.6 is 11.6 Å². The summed E-state index contributed by atoms with van der Waals surface area (Å²) in [7, 11) is -0.395. The highest BCUT2D eigenvalue weighted by Crippen LogP contribution is 2.25. The first kappa shape index (κ1) is 15.5. The van der Waals surface area contributed by atoms with Gasteiger partial charge < -0.3 is 4.90 Å². The largest absolute Gasteiger partial charge is 0.352 e. The molecule has 0 N–H and O–H groups in total. The number of piperidine rings is 1. The number of hydrogen-bond donors (Lipinski definition) is 0. The third kappa shape index (κ3) is 3.07. The smallest absolute Gasteiger partial charge is 0.244 e. The molecule has 1 aliphatic rings. The summed E-state index contributed by atoms with van der Waals surface area (Å²) >= 11 is 6.00. The van der Waals surface area contributed by atoms with Gasteiger partial charge in [0.15, 0.2) is 0 Å². The van der Waals surface area contributed by atoms with E-state index in [2.05, 4.69) is 9.88 Å². The molecule has 1 atom stereocenters. The lowest BCUT2D eigenvalue weighted by Crippen LogP contribution is -2.41. The summed E-state index contributed by atoms with van der Waals surface area (Å²) in [5.41, 5.74) is 0. The summed E-state index contributed by atoms with van der Waals surface area (Å²) in [4.78, 5) is 6.69. The number of halogens is 1. The predicted molar refractivity (Wildman–Crippen MR) is 80.8 cm³/mol. The zero-order valence-electron chi connectivity index (χ0n) is 11.8. The molecule has 0 aliphatic carbocycles. The maximum atomic E-state index is 12.0. The standard InChI is InChI=1S/C13H20ClN3O2S/c1-16(2)20(18,19)12-6-7-13(15-10-12)17-8-4-3-5-11(17)9-14/h6-7,10-11H,3-5,8-9H2,1-2H3. The first-order valence-electron chi connectivity index (χ1n) is 6.68. The van der Waals surface area contributed by atoms with Crippen LogP contribution in [0.5, 0.6) is 0 Å². The van der Waals surface area contributed by atoms with E-state index in [1.807, 2.05) is 0 Å². The molecule has 1 aliphatic heterocycles. The van der Waals surface area contributed by atoms with Crippen molar-refractivity contribution < 1.29 is 8.42 Å². The summed E-state index contributed by atoms with van der Waals surface area (Å²) in [5, 5.41) is 0. The Labute approximate surface area is 125 Å². The lowest BCUT2D eigenvalue weighted by atomic mass is 10.0. The fourth-order valence-electron chi connectivity index (χ4n) is 2.37. The van der Waals surface area contributed by atoms with Gasteiger partial charge in [-0.1, -0.05) is 0 Å². The number of nitrogens with zero attached hydrogens (tertiary/aromatic N) is 3. The van der Waals surface area contributed by atoms with Gasteiger partial charge in [0.1, 0.15) is 10.7 Å². The van der Waals surface area contributed by atoms with Gasteiger partial charge >= 0.3 is 0 Å². The first-order chi connectivity index (χ1) is 9.46. The van der Waals surface area contributed by atoms with Crippen LogP contribution in [0.25, 0.3) is 0 Å². The normalized spacial score (nSPS) is 20.4. The van der Waals surface area contributed by atoms with Crippen molar-refractivity contribution in [2.75, 3.05) is 31.4 Å². The Morgan fingerprint density at radius 1 is 1.40 bits per heavy atom. The molecule has 112 valence electrons. The highest BCUT2D eigenvalue weighted by atomic mass is 35.5. The molecule has 0 aromatic carbocycles. The van der Waals surface area contributed by atoms with Gasteiger partial charge in [0.2, 0.25) is 10.0 Å². The Morgan fingerprint density at radius 3 is 2.70 bits per heavy atom. The quantitative estimate of drug-likeness (QED) is 0.796. The molecule has 2 heterocycles. The van der Waals surface area contributed by atoms with Crippen molar-refractivity contribution in [2.45, 2.75) is 30.2 Å². The molecule has 0 spiro atoms. The zero-order chi connectivity index (χ0) is 14.8. The van der Waals surface area contributed by atoms with Crippen LogP contribution in [-0.4, -0.2) is 50.3 Å². The molecular weight excluding hydrogens is 298 g/mol. The number of aromatic nitrogens is 1. The summed E-state index contributed by atoms with van der Waals surface area (Å²) in [5.74, 6) is 1.37. The molecule has 0 saturated carbocycles. The Morgan fingerprint density at radius 2 is 2.15 bits per heavy atom. The van der Waals surface area contributed by atoms with Crippen molar-refractivity contribution in [3.05, 3.63) is 18.3 Å². The van der Waals surface area contributed by atoms with Crippen molar-refractivity contribution in [3.63, 3.8) is 0 Å². The van der Waals surface area contributed by atoms with E-state index in [1.54, 1.807) is 12.1 Å². The number of sulfonamides is 1. The Kier molecular flexibility index (Phi) is 4.88. The molecule has 1 aromatic heterocycles. The van der Waals surface area contributed by atoms with Crippen LogP contribution < -0.4 is 4.90 Å². The van der Waals surface area contributed by atoms with Gasteiger partial charge in [0.05, 0.1) is 0 Å². The van der Waals surface area contributed by atoms with E-state index >= 15 is 0 Å². The predicted octanol–water partition coefficient (Wildman–Crippen LogP) is 1.93. The fraction of sp³-hybridized carbons (Fsp3) is 0.615. The van der Waals surface area contributed by atoms with Crippen molar-refractivity contribution in [1.29, 1.82) is 0 Å². The van der Waals surface area contributed by atoms with Gasteiger partial charge in [-0.05, 0) is 31.4 Å². The molecule has 1 unspecified atom stereocenters. The van der Waals surface area contributed by atoms with Crippen molar-refractivity contribution >= 4 is 27.4 Å². The summed E-state index contributed by atoms with van der Waals surface area (Å²) < 4.78 is 25.2. The van der Waals surface area contributed by atoms with Crippen LogP contribution in [0.3, 0.4) is 0 Å². The van der Waals surface area contributed by atoms with E-state index < -0.39 is 10.0 Å². The molecule has 0 radical (unpaired) electrons. The number of pyridine rings is 1. The molecule has 1 aromatic rings. The first-order valence-corrected chi connectivity index (χ1v) is 8.65. The number of alkyl halides is 1. The molecule has 1 fully saturated rings. The van der Waals surface area contributed by atoms with Crippen molar-refractivity contribution in [3.8, 4) is 0 Å². The van der Waals surface area contributed by atoms with Crippen LogP contribution in [0, 0.1) is 0 Å². The SMILES string of the molecule is CN(C)S(=O)(=O)c1ccc(N2CCCCC2CCl)nc1. The molecule has 0 amide bonds. The third-order valence-electron chi connectivity index (χ3n) is 3.60. The highest BCUT2D eigenvalue weighted by Gasteiger charge is 2.24. The van der Waals surface area contributed by atoms with E-state index in [4.69, 9.17) is 11.6 Å². The monoisotopic (exact) mass is 317 g/mol. The second-order valence-corrected chi connectivity index (χ2v) is 7.60. The molecule has 7 heteroatoms.